The monoisotopic (exact) mass is 2400 g/mol. The first-order valence-corrected chi connectivity index (χ1v) is 57.1. The summed E-state index contributed by atoms with van der Waals surface area (Å²) in [6.07, 6.45) is -12.2. The first kappa shape index (κ1) is 138. The summed E-state index contributed by atoms with van der Waals surface area (Å²) in [6.45, 7) is 27.4. The molecule has 4 aliphatic rings. The highest BCUT2D eigenvalue weighted by Crippen LogP contribution is 2.59. The van der Waals surface area contributed by atoms with Crippen LogP contribution in [0.25, 0.3) is 9.75 Å². The van der Waals surface area contributed by atoms with Crippen molar-refractivity contribution in [3.8, 4) is 55.8 Å². The fraction of sp³-hybridized carbons (Fsp3) is 0.845. The zero-order valence-corrected chi connectivity index (χ0v) is 95.0. The molecule has 6 atom stereocenters. The van der Waals surface area contributed by atoms with Crippen LogP contribution in [0.2, 0.25) is 0 Å². The van der Waals surface area contributed by atoms with E-state index in [9.17, 15) is 96.6 Å². The van der Waals surface area contributed by atoms with Gasteiger partial charge in [0.05, 0.1) is 118 Å². The fourth-order valence-corrected chi connectivity index (χ4v) is 22.6. The highest BCUT2D eigenvalue weighted by atomic mass is 79.9. The van der Waals surface area contributed by atoms with Crippen LogP contribution in [0.5, 0.6) is 46.0 Å². The topological polar surface area (TPSA) is 148 Å². The Hall–Kier alpha value is -3.21. The molecule has 4 aliphatic heterocycles. The van der Waals surface area contributed by atoms with Gasteiger partial charge in [0.1, 0.15) is 73.3 Å². The standard InChI is InChI=1S/C52H79F11O8S2.C25H42Br2O4S.C25H33F11O4S.CH4.BH2P/c1-8-13-17-38(10-3)23-66-30-47(31-67-24-39(11-4)18-14-9-2)33-69-41-37(7)73-45(43(41)71-35-47)44-42-40(36(6)72-44)68-32-46(34-70-42,28-64-21-15-19-49(55,56)25-48(53,54)12-5)29-65-22-16-20-50(57,58)26-51(59,60)27-52(61,62)63;1-5-9-11-19(7-3)13-28-15-25(16-29-14-20(8-4)12-10-6-2)17-30-21-22(31-18-25)24(27)32-23(21)26;1-2-21(26,27)11-22(28,29)5-3-7-37-14-20(16-39-18-9-41-10-19(18)40-17-20)15-38-8-4-6-23(30,31)12-24(32,33)13-25(34,35)36;;1-2/h38-39H,8-35H2,1-7H3;19-20H,5-18H2,1-4H3;9-10H,2-8,11-17H2,1H3;1H4;2H2. The number of hydrogen-bond donors (Lipinski definition) is 0. The number of thiophene rings is 4. The lowest BCUT2D eigenvalue weighted by atomic mass is 9.91. The Morgan fingerprint density at radius 2 is 0.537 bits per heavy atom. The van der Waals surface area contributed by atoms with Crippen LogP contribution < -0.4 is 37.9 Å². The third-order valence-electron chi connectivity index (χ3n) is 25.9. The molecule has 0 saturated carbocycles. The molecule has 6 unspecified atom stereocenters. The molecule has 868 valence electrons. The van der Waals surface area contributed by atoms with Crippen LogP contribution in [-0.4, -0.2) is 226 Å². The van der Waals surface area contributed by atoms with E-state index in [0.29, 0.717) is 116 Å². The van der Waals surface area contributed by atoms with E-state index >= 15 is 0 Å². The van der Waals surface area contributed by atoms with Gasteiger partial charge in [-0.15, -0.1) is 45.3 Å². The summed E-state index contributed by atoms with van der Waals surface area (Å²) in [5.74, 6) is -25.4. The fourth-order valence-electron chi connectivity index (χ4n) is 16.9. The SMILES string of the molecule is C.CCC(F)(F)CC(F)(F)CCCOCC1(COCCCC(F)(F)CC(F)(F)CC(F)(F)F)COc2cscc2OC1.CCCCC(CC)COCC1(COCC(CC)CCCC)COc2c(Br)sc(Br)c2OC1.CCCCC(CC)COCC1(COCC(CC)CCCC)COc2c(C)sc(-c3sc(C)c4c3OCC(COCCCC(F)(F)CC(F)(F)CC)(COCCCC(F)(F)CC(F)(F)CC(F)(F)F)CO4)c2OC1.[B]P. The van der Waals surface area contributed by atoms with Crippen molar-refractivity contribution in [3.63, 3.8) is 0 Å². The van der Waals surface area contributed by atoms with Gasteiger partial charge in [-0.2, -0.15) is 35.5 Å². The van der Waals surface area contributed by atoms with Crippen LogP contribution in [-0.2, 0) is 37.9 Å². The number of ether oxygens (including phenoxy) is 16. The molecule has 46 heteroatoms. The molecular formula is C103H160BBr2F22O16PS4. The summed E-state index contributed by atoms with van der Waals surface area (Å²) in [4.78, 5) is 2.96. The Bertz CT molecular complexity index is 4210. The average molecular weight is 2400 g/mol. The molecule has 0 amide bonds. The van der Waals surface area contributed by atoms with Crippen molar-refractivity contribution in [2.24, 2.45) is 45.3 Å². The average Bonchev–Trinajstić information content (AvgIpc) is 1.62. The molecule has 0 spiro atoms. The van der Waals surface area contributed by atoms with Crippen molar-refractivity contribution in [1.82, 2.24) is 0 Å². The van der Waals surface area contributed by atoms with Crippen molar-refractivity contribution < 1.29 is 172 Å². The molecule has 8 rings (SSSR count). The number of aryl methyl sites for hydroxylation is 2. The van der Waals surface area contributed by atoms with E-state index < -0.39 is 172 Å². The van der Waals surface area contributed by atoms with Gasteiger partial charge in [-0.1, -0.05) is 154 Å². The van der Waals surface area contributed by atoms with E-state index in [2.05, 4.69) is 94.8 Å². The van der Waals surface area contributed by atoms with Gasteiger partial charge in [-0.05, 0) is 121 Å². The van der Waals surface area contributed by atoms with Crippen molar-refractivity contribution in [2.75, 3.05) is 159 Å². The van der Waals surface area contributed by atoms with E-state index in [0.717, 1.165) is 125 Å². The number of hydrogen-bond acceptors (Lipinski definition) is 20. The van der Waals surface area contributed by atoms with Crippen molar-refractivity contribution >= 4 is 93.9 Å². The summed E-state index contributed by atoms with van der Waals surface area (Å²) < 4.78 is 397. The van der Waals surface area contributed by atoms with Crippen LogP contribution >= 0.6 is 86.3 Å². The molecule has 0 aliphatic carbocycles. The summed E-state index contributed by atoms with van der Waals surface area (Å²) in [7, 11) is 6.33. The summed E-state index contributed by atoms with van der Waals surface area (Å²) in [6, 6.07) is 0. The molecule has 0 fully saturated rings. The molecule has 0 saturated heterocycles. The lowest BCUT2D eigenvalue weighted by Gasteiger charge is -2.32. The van der Waals surface area contributed by atoms with Crippen LogP contribution in [0.1, 0.15) is 292 Å². The molecule has 0 bridgehead atoms. The Kier molecular flexibility index (Phi) is 61.3. The second kappa shape index (κ2) is 66.1. The van der Waals surface area contributed by atoms with Crippen LogP contribution in [0.3, 0.4) is 0 Å². The summed E-state index contributed by atoms with van der Waals surface area (Å²) in [5, 5.41) is 3.33. The number of unbranched alkanes of at least 4 members (excludes halogenated alkanes) is 4. The molecule has 16 nitrogen and oxygen atoms in total. The van der Waals surface area contributed by atoms with Gasteiger partial charge in [-0.25, -0.2) is 70.2 Å². The number of rotatable bonds is 69. The Morgan fingerprint density at radius 3 is 0.772 bits per heavy atom. The summed E-state index contributed by atoms with van der Waals surface area (Å²) in [5.41, 5.74) is -3.22. The third-order valence-corrected chi connectivity index (χ3v) is 31.3. The maximum Gasteiger partial charge on any atom is 0.394 e. The van der Waals surface area contributed by atoms with Gasteiger partial charge in [0.15, 0.2) is 46.0 Å². The molecule has 2 radical (unpaired) electrons. The van der Waals surface area contributed by atoms with Gasteiger partial charge in [0.2, 0.25) is 0 Å². The van der Waals surface area contributed by atoms with Crippen molar-refractivity contribution in [2.45, 2.75) is 356 Å². The molecule has 4 aromatic heterocycles. The number of halogens is 24. The molecule has 149 heavy (non-hydrogen) atoms. The van der Waals surface area contributed by atoms with Crippen LogP contribution in [0, 0.1) is 59.2 Å². The summed E-state index contributed by atoms with van der Waals surface area (Å²) >= 11 is 12.9. The molecule has 0 N–H and O–H groups in total. The zero-order chi connectivity index (χ0) is 111. The van der Waals surface area contributed by atoms with Gasteiger partial charge in [0.25, 0.3) is 47.4 Å². The Labute approximate surface area is 904 Å². The minimum Gasteiger partial charge on any atom is -0.488 e. The smallest absolute Gasteiger partial charge is 0.394 e. The molecule has 8 heterocycles. The maximum atomic E-state index is 14.5. The lowest BCUT2D eigenvalue weighted by Crippen LogP contribution is -2.43. The van der Waals surface area contributed by atoms with E-state index in [1.165, 1.54) is 72.5 Å². The third kappa shape index (κ3) is 50.9. The van der Waals surface area contributed by atoms with Gasteiger partial charge >= 0.3 is 12.4 Å². The minimum atomic E-state index is -5.34. The largest absolute Gasteiger partial charge is 0.488 e. The molecule has 4 aromatic rings. The number of fused-ring (bicyclic) bond motifs is 4. The van der Waals surface area contributed by atoms with E-state index in [1.807, 2.05) is 23.0 Å². The van der Waals surface area contributed by atoms with E-state index in [-0.39, 0.29) is 112 Å². The maximum absolute atomic E-state index is 14.5. The highest BCUT2D eigenvalue weighted by molar-refractivity contribution is 9.12. The first-order valence-electron chi connectivity index (χ1n) is 51.4. The normalized spacial score (nSPS) is 18.0. The van der Waals surface area contributed by atoms with Crippen molar-refractivity contribution in [1.29, 1.82) is 0 Å². The van der Waals surface area contributed by atoms with Crippen LogP contribution in [0.15, 0.2) is 18.3 Å². The van der Waals surface area contributed by atoms with Gasteiger partial charge in [-0.3, -0.25) is 0 Å². The molecular weight excluding hydrogens is 2240 g/mol. The second-order valence-electron chi connectivity index (χ2n) is 40.2. The predicted molar refractivity (Wildman–Crippen MR) is 554 cm³/mol. The lowest BCUT2D eigenvalue weighted by molar-refractivity contribution is -0.208. The number of alkyl halides is 22. The van der Waals surface area contributed by atoms with Gasteiger partial charge in [0, 0.05) is 112 Å². The first-order chi connectivity index (χ1) is 69.5. The second-order valence-corrected chi connectivity index (χ2v) is 47.1. The van der Waals surface area contributed by atoms with Crippen LogP contribution in [0.4, 0.5) is 96.6 Å². The minimum absolute atomic E-state index is 0. The zero-order valence-electron chi connectivity index (χ0n) is 87.5. The predicted octanol–water partition coefficient (Wildman–Crippen LogP) is 34.2. The van der Waals surface area contributed by atoms with Crippen molar-refractivity contribution in [3.05, 3.63) is 28.1 Å². The van der Waals surface area contributed by atoms with Gasteiger partial charge < -0.3 is 75.8 Å². The van der Waals surface area contributed by atoms with E-state index in [4.69, 9.17) is 75.8 Å². The Morgan fingerprint density at radius 1 is 0.309 bits per heavy atom. The Balaban J connectivity index is 0.000000510. The van der Waals surface area contributed by atoms with E-state index in [1.54, 1.807) is 22.1 Å². The quantitative estimate of drug-likeness (QED) is 0.0178. The molecule has 0 aromatic carbocycles. The highest BCUT2D eigenvalue weighted by Gasteiger charge is 2.53.